The second-order valence-corrected chi connectivity index (χ2v) is 5.88. The summed E-state index contributed by atoms with van der Waals surface area (Å²) in [5.41, 5.74) is 0. The summed E-state index contributed by atoms with van der Waals surface area (Å²) in [5.74, 6) is 1.94. The Morgan fingerprint density at radius 1 is 1.14 bits per heavy atom. The number of benzene rings is 1. The second-order valence-electron chi connectivity index (χ2n) is 4.72. The molecule has 1 aliphatic heterocycles. The van der Waals surface area contributed by atoms with Crippen LogP contribution in [0, 0.1) is 3.57 Å². The number of ether oxygens (including phenoxy) is 1. The maximum absolute atomic E-state index is 5.82. The summed E-state index contributed by atoms with van der Waals surface area (Å²) in [5, 5.41) is 2.96. The fourth-order valence-electron chi connectivity index (χ4n) is 2.19. The molecule has 110 valence electrons. The minimum absolute atomic E-state index is 0.320. The van der Waals surface area contributed by atoms with E-state index in [-0.39, 0.29) is 0 Å². The van der Waals surface area contributed by atoms with Crippen molar-refractivity contribution >= 4 is 34.5 Å². The van der Waals surface area contributed by atoms with Crippen LogP contribution in [0.25, 0.3) is 0 Å². The molecule has 0 radical (unpaired) electrons. The van der Waals surface area contributed by atoms with Gasteiger partial charge in [0.25, 0.3) is 0 Å². The molecule has 3 rings (SSSR count). The van der Waals surface area contributed by atoms with Crippen molar-refractivity contribution in [1.29, 1.82) is 0 Å². The lowest BCUT2D eigenvalue weighted by Crippen LogP contribution is -2.21. The van der Waals surface area contributed by atoms with Gasteiger partial charge in [0.05, 0.1) is 3.57 Å². The van der Waals surface area contributed by atoms with Gasteiger partial charge in [-0.2, -0.15) is 15.0 Å². The molecule has 1 aromatic heterocycles. The smallest absolute Gasteiger partial charge is 0.328 e. The van der Waals surface area contributed by atoms with Crippen molar-refractivity contribution < 1.29 is 4.74 Å². The Morgan fingerprint density at radius 3 is 2.62 bits per heavy atom. The van der Waals surface area contributed by atoms with Gasteiger partial charge < -0.3 is 15.0 Å². The minimum Gasteiger partial charge on any atom is -0.423 e. The predicted molar refractivity (Wildman–Crippen MR) is 90.1 cm³/mol. The highest BCUT2D eigenvalue weighted by Crippen LogP contribution is 2.26. The van der Waals surface area contributed by atoms with Gasteiger partial charge >= 0.3 is 6.01 Å². The van der Waals surface area contributed by atoms with Crippen molar-refractivity contribution in [3.8, 4) is 11.8 Å². The lowest BCUT2D eigenvalue weighted by molar-refractivity contribution is 0.437. The van der Waals surface area contributed by atoms with E-state index in [1.807, 2.05) is 24.3 Å². The topological polar surface area (TPSA) is 63.2 Å². The molecule has 1 aliphatic rings. The van der Waals surface area contributed by atoms with Gasteiger partial charge in [-0.25, -0.2) is 0 Å². The summed E-state index contributed by atoms with van der Waals surface area (Å²) < 4.78 is 6.83. The van der Waals surface area contributed by atoms with Crippen LogP contribution in [0.1, 0.15) is 12.8 Å². The molecule has 0 atom stereocenters. The van der Waals surface area contributed by atoms with Gasteiger partial charge in [-0.1, -0.05) is 12.1 Å². The Labute approximate surface area is 137 Å². The Balaban J connectivity index is 1.90. The lowest BCUT2D eigenvalue weighted by Gasteiger charge is -2.16. The quantitative estimate of drug-likeness (QED) is 0.801. The third-order valence-electron chi connectivity index (χ3n) is 3.25. The number of rotatable bonds is 4. The number of para-hydroxylation sites is 1. The summed E-state index contributed by atoms with van der Waals surface area (Å²) in [4.78, 5) is 15.3. The van der Waals surface area contributed by atoms with Crippen molar-refractivity contribution in [2.75, 3.05) is 30.4 Å². The van der Waals surface area contributed by atoms with E-state index in [9.17, 15) is 0 Å². The number of halogens is 1. The maximum atomic E-state index is 5.82. The van der Waals surface area contributed by atoms with Crippen LogP contribution in [0.2, 0.25) is 0 Å². The molecule has 21 heavy (non-hydrogen) atoms. The van der Waals surface area contributed by atoms with Gasteiger partial charge in [0, 0.05) is 20.1 Å². The van der Waals surface area contributed by atoms with E-state index in [0.29, 0.717) is 17.9 Å². The Bertz CT molecular complexity index is 631. The fourth-order valence-corrected chi connectivity index (χ4v) is 2.69. The number of nitrogens with one attached hydrogen (secondary N) is 1. The van der Waals surface area contributed by atoms with Crippen LogP contribution in [-0.4, -0.2) is 35.1 Å². The van der Waals surface area contributed by atoms with E-state index >= 15 is 0 Å². The monoisotopic (exact) mass is 397 g/mol. The normalized spacial score (nSPS) is 14.3. The molecule has 0 amide bonds. The standard InChI is InChI=1S/C14H16IN5O/c1-16-12-17-13(20-8-4-5-9-20)19-14(18-12)21-11-7-3-2-6-10(11)15/h2-3,6-7H,4-5,8-9H2,1H3,(H,16,17,18,19). The van der Waals surface area contributed by atoms with E-state index in [1.54, 1.807) is 7.05 Å². The summed E-state index contributed by atoms with van der Waals surface area (Å²) in [7, 11) is 1.79. The first-order valence-corrected chi connectivity index (χ1v) is 7.95. The molecule has 0 saturated carbocycles. The van der Waals surface area contributed by atoms with Crippen LogP contribution in [-0.2, 0) is 0 Å². The Kier molecular flexibility index (Phi) is 4.37. The van der Waals surface area contributed by atoms with E-state index < -0.39 is 0 Å². The molecule has 0 spiro atoms. The Morgan fingerprint density at radius 2 is 1.90 bits per heavy atom. The second kappa shape index (κ2) is 6.42. The van der Waals surface area contributed by atoms with E-state index in [4.69, 9.17) is 4.74 Å². The summed E-state index contributed by atoms with van der Waals surface area (Å²) in [6.07, 6.45) is 2.35. The average molecular weight is 397 g/mol. The zero-order valence-electron chi connectivity index (χ0n) is 11.7. The van der Waals surface area contributed by atoms with E-state index in [1.165, 1.54) is 12.8 Å². The number of hydrogen-bond donors (Lipinski definition) is 1. The number of anilines is 2. The van der Waals surface area contributed by atoms with Crippen LogP contribution in [0.5, 0.6) is 11.8 Å². The average Bonchev–Trinajstić information content (AvgIpc) is 3.04. The highest BCUT2D eigenvalue weighted by molar-refractivity contribution is 14.1. The minimum atomic E-state index is 0.320. The largest absolute Gasteiger partial charge is 0.423 e. The molecular formula is C14H16IN5O. The van der Waals surface area contributed by atoms with Gasteiger partial charge in [0.15, 0.2) is 0 Å². The molecule has 1 saturated heterocycles. The van der Waals surface area contributed by atoms with Crippen molar-refractivity contribution in [2.24, 2.45) is 0 Å². The van der Waals surface area contributed by atoms with Gasteiger partial charge in [0.2, 0.25) is 11.9 Å². The summed E-state index contributed by atoms with van der Waals surface area (Å²) in [6.45, 7) is 1.96. The van der Waals surface area contributed by atoms with Crippen molar-refractivity contribution in [1.82, 2.24) is 15.0 Å². The fraction of sp³-hybridized carbons (Fsp3) is 0.357. The summed E-state index contributed by atoms with van der Waals surface area (Å²) >= 11 is 2.23. The first-order chi connectivity index (χ1) is 10.3. The summed E-state index contributed by atoms with van der Waals surface area (Å²) in [6, 6.07) is 8.10. The third kappa shape index (κ3) is 3.34. The molecular weight excluding hydrogens is 381 g/mol. The molecule has 0 aliphatic carbocycles. The lowest BCUT2D eigenvalue weighted by atomic mass is 10.3. The molecule has 7 heteroatoms. The maximum Gasteiger partial charge on any atom is 0.328 e. The number of aromatic nitrogens is 3. The zero-order chi connectivity index (χ0) is 14.7. The first kappa shape index (κ1) is 14.3. The van der Waals surface area contributed by atoms with Crippen molar-refractivity contribution in [3.63, 3.8) is 0 Å². The highest BCUT2D eigenvalue weighted by atomic mass is 127. The zero-order valence-corrected chi connectivity index (χ0v) is 13.9. The van der Waals surface area contributed by atoms with Crippen LogP contribution in [0.15, 0.2) is 24.3 Å². The molecule has 1 aromatic carbocycles. The molecule has 2 aromatic rings. The molecule has 2 heterocycles. The SMILES string of the molecule is CNc1nc(Oc2ccccc2I)nc(N2CCCC2)n1. The predicted octanol–water partition coefficient (Wildman–Crippen LogP) is 2.91. The molecule has 6 nitrogen and oxygen atoms in total. The van der Waals surface area contributed by atoms with Crippen LogP contribution in [0.4, 0.5) is 11.9 Å². The van der Waals surface area contributed by atoms with E-state index in [2.05, 4.69) is 47.8 Å². The molecule has 1 N–H and O–H groups in total. The van der Waals surface area contributed by atoms with Gasteiger partial charge in [-0.05, 0) is 47.6 Å². The van der Waals surface area contributed by atoms with Crippen molar-refractivity contribution in [3.05, 3.63) is 27.8 Å². The number of hydrogen-bond acceptors (Lipinski definition) is 6. The molecule has 0 unspecified atom stereocenters. The third-order valence-corrected chi connectivity index (χ3v) is 4.14. The first-order valence-electron chi connectivity index (χ1n) is 6.87. The van der Waals surface area contributed by atoms with Crippen LogP contribution >= 0.6 is 22.6 Å². The van der Waals surface area contributed by atoms with Gasteiger partial charge in [-0.3, -0.25) is 0 Å². The molecule has 0 bridgehead atoms. The highest BCUT2D eigenvalue weighted by Gasteiger charge is 2.18. The van der Waals surface area contributed by atoms with E-state index in [0.717, 1.165) is 22.4 Å². The van der Waals surface area contributed by atoms with Crippen molar-refractivity contribution in [2.45, 2.75) is 12.8 Å². The van der Waals surface area contributed by atoms with Gasteiger partial charge in [-0.15, -0.1) is 0 Å². The molecule has 1 fully saturated rings. The number of nitrogens with zero attached hydrogens (tertiary/aromatic N) is 4. The Hall–Kier alpha value is -1.64. The van der Waals surface area contributed by atoms with Gasteiger partial charge in [0.1, 0.15) is 5.75 Å². The van der Waals surface area contributed by atoms with Crippen LogP contribution < -0.4 is 15.0 Å². The van der Waals surface area contributed by atoms with Crippen LogP contribution in [0.3, 0.4) is 0 Å².